The number of ketones is 1. The molecule has 0 aromatic carbocycles. The second kappa shape index (κ2) is 9.33. The van der Waals surface area contributed by atoms with Gasteiger partial charge >= 0.3 is 5.97 Å². The molecule has 6 heteroatoms. The average Bonchev–Trinajstić information content (AvgIpc) is 2.99. The lowest BCUT2D eigenvalue weighted by Gasteiger charge is -2.39. The number of rotatable bonds is 9. The molecule has 0 aliphatic heterocycles. The summed E-state index contributed by atoms with van der Waals surface area (Å²) < 4.78 is 5.23. The Balaban J connectivity index is 3.08. The summed E-state index contributed by atoms with van der Waals surface area (Å²) >= 11 is 0. The topological polar surface area (TPSA) is 82.6 Å². The molecule has 2 N–H and O–H groups in total. The molecule has 0 aliphatic carbocycles. The summed E-state index contributed by atoms with van der Waals surface area (Å²) in [7, 11) is 1.90. The van der Waals surface area contributed by atoms with Gasteiger partial charge in [-0.1, -0.05) is 34.6 Å². The van der Waals surface area contributed by atoms with Gasteiger partial charge in [0.05, 0.1) is 12.1 Å². The molecule has 0 saturated heterocycles. The molecular formula is C20H34N2O4. The minimum atomic E-state index is -0.860. The lowest BCUT2D eigenvalue weighted by atomic mass is 9.85. The van der Waals surface area contributed by atoms with Crippen molar-refractivity contribution in [2.45, 2.75) is 66.2 Å². The van der Waals surface area contributed by atoms with Crippen molar-refractivity contribution in [3.8, 4) is 0 Å². The number of carbonyl (C=O) groups excluding carboxylic acids is 2. The van der Waals surface area contributed by atoms with E-state index in [0.717, 1.165) is 5.56 Å². The van der Waals surface area contributed by atoms with Crippen molar-refractivity contribution in [3.05, 3.63) is 24.0 Å². The number of hydrogen-bond acceptors (Lipinski definition) is 5. The number of esters is 1. The third kappa shape index (κ3) is 6.25. The monoisotopic (exact) mass is 366 g/mol. The number of aromatic nitrogens is 1. The van der Waals surface area contributed by atoms with Gasteiger partial charge in [0.15, 0.2) is 0 Å². The zero-order chi connectivity index (χ0) is 20.1. The third-order valence-corrected chi connectivity index (χ3v) is 4.75. The zero-order valence-corrected chi connectivity index (χ0v) is 17.1. The maximum absolute atomic E-state index is 12.4. The summed E-state index contributed by atoms with van der Waals surface area (Å²) in [6.07, 6.45) is 2.84. The van der Waals surface area contributed by atoms with E-state index in [4.69, 9.17) is 4.74 Å². The molecule has 148 valence electrons. The first-order valence-electron chi connectivity index (χ1n) is 9.14. The van der Waals surface area contributed by atoms with E-state index in [2.05, 4.69) is 4.98 Å². The minimum absolute atomic E-state index is 0.0139. The number of carbonyl (C=O) groups is 2. The molecule has 0 aliphatic rings. The molecule has 1 rings (SSSR count). The van der Waals surface area contributed by atoms with Gasteiger partial charge in [-0.15, -0.1) is 0 Å². The van der Waals surface area contributed by atoms with Crippen LogP contribution >= 0.6 is 0 Å². The van der Waals surface area contributed by atoms with Gasteiger partial charge in [0.25, 0.3) is 0 Å². The van der Waals surface area contributed by atoms with Crippen LogP contribution in [0.3, 0.4) is 0 Å². The average molecular weight is 367 g/mol. The van der Waals surface area contributed by atoms with E-state index in [1.54, 1.807) is 6.20 Å². The molecule has 1 heterocycles. The fourth-order valence-electron chi connectivity index (χ4n) is 3.05. The van der Waals surface area contributed by atoms with Crippen LogP contribution in [-0.4, -0.2) is 52.5 Å². The number of Topliss-reactive ketones (excluding diaryl/α,β-unsaturated/α-hetero) is 1. The summed E-state index contributed by atoms with van der Waals surface area (Å²) in [6.45, 7) is 11.3. The molecule has 6 nitrogen and oxygen atoms in total. The number of ether oxygens (including phenoxy) is 1. The largest absolute Gasteiger partial charge is 0.464 e. The maximum atomic E-state index is 12.4. The highest BCUT2D eigenvalue weighted by Gasteiger charge is 2.35. The SMILES string of the molecule is CC(=O)OCC(C(C)C)N(C)C(c1cc[nH]c1)C(O)CC(=O)C(C)(C)C. The van der Waals surface area contributed by atoms with Crippen molar-refractivity contribution in [2.75, 3.05) is 13.7 Å². The van der Waals surface area contributed by atoms with Crippen molar-refractivity contribution in [2.24, 2.45) is 11.3 Å². The van der Waals surface area contributed by atoms with Crippen LogP contribution in [0.15, 0.2) is 18.5 Å². The molecule has 26 heavy (non-hydrogen) atoms. The van der Waals surface area contributed by atoms with Crippen LogP contribution in [0.5, 0.6) is 0 Å². The molecule has 0 saturated carbocycles. The number of nitrogens with one attached hydrogen (secondary N) is 1. The van der Waals surface area contributed by atoms with Crippen molar-refractivity contribution in [1.82, 2.24) is 9.88 Å². The summed E-state index contributed by atoms with van der Waals surface area (Å²) in [6, 6.07) is 1.43. The Hall–Kier alpha value is -1.66. The van der Waals surface area contributed by atoms with E-state index in [1.807, 2.05) is 58.8 Å². The van der Waals surface area contributed by atoms with E-state index in [-0.39, 0.29) is 42.8 Å². The maximum Gasteiger partial charge on any atom is 0.302 e. The van der Waals surface area contributed by atoms with Gasteiger partial charge in [-0.2, -0.15) is 0 Å². The molecule has 0 fully saturated rings. The van der Waals surface area contributed by atoms with E-state index < -0.39 is 11.5 Å². The van der Waals surface area contributed by atoms with Crippen LogP contribution in [0.1, 0.15) is 59.6 Å². The number of aliphatic hydroxyl groups excluding tert-OH is 1. The molecule has 0 amide bonds. The first kappa shape index (κ1) is 22.4. The Kier molecular flexibility index (Phi) is 8.03. The van der Waals surface area contributed by atoms with Crippen LogP contribution in [0.2, 0.25) is 0 Å². The first-order chi connectivity index (χ1) is 11.9. The summed E-state index contributed by atoms with van der Waals surface area (Å²) in [5.41, 5.74) is 0.396. The molecule has 3 atom stereocenters. The fraction of sp³-hybridized carbons (Fsp3) is 0.700. The first-order valence-corrected chi connectivity index (χ1v) is 9.14. The highest BCUT2D eigenvalue weighted by Crippen LogP contribution is 2.31. The van der Waals surface area contributed by atoms with Crippen LogP contribution in [0.25, 0.3) is 0 Å². The number of aliphatic hydroxyl groups is 1. The normalized spacial score (nSPS) is 15.8. The van der Waals surface area contributed by atoms with Gasteiger partial charge in [0.1, 0.15) is 12.4 Å². The Morgan fingerprint density at radius 3 is 2.35 bits per heavy atom. The number of H-pyrrole nitrogens is 1. The van der Waals surface area contributed by atoms with Crippen molar-refractivity contribution < 1.29 is 19.4 Å². The lowest BCUT2D eigenvalue weighted by molar-refractivity contribution is -0.143. The molecule has 1 aromatic rings. The van der Waals surface area contributed by atoms with Crippen LogP contribution in [0.4, 0.5) is 0 Å². The van der Waals surface area contributed by atoms with Gasteiger partial charge in [-0.05, 0) is 24.6 Å². The van der Waals surface area contributed by atoms with Crippen LogP contribution < -0.4 is 0 Å². The van der Waals surface area contributed by atoms with E-state index in [0.29, 0.717) is 0 Å². The number of hydrogen-bond donors (Lipinski definition) is 2. The van der Waals surface area contributed by atoms with Crippen LogP contribution in [0, 0.1) is 11.3 Å². The number of aromatic amines is 1. The van der Waals surface area contributed by atoms with Crippen molar-refractivity contribution in [3.63, 3.8) is 0 Å². The third-order valence-electron chi connectivity index (χ3n) is 4.75. The quantitative estimate of drug-likeness (QED) is 0.657. The smallest absolute Gasteiger partial charge is 0.302 e. The standard InChI is InChI=1S/C20H34N2O4/c1-13(2)16(12-26-14(3)23)22(7)19(15-8-9-21-11-15)17(24)10-18(25)20(4,5)6/h8-9,11,13,16-17,19,21,24H,10,12H2,1-7H3. The Bertz CT molecular complexity index is 575. The molecule has 1 aromatic heterocycles. The lowest BCUT2D eigenvalue weighted by Crippen LogP contribution is -2.46. The Labute approximate surface area is 156 Å². The molecule has 0 radical (unpaired) electrons. The number of nitrogens with zero attached hydrogens (tertiary/aromatic N) is 1. The summed E-state index contributed by atoms with van der Waals surface area (Å²) in [4.78, 5) is 28.7. The van der Waals surface area contributed by atoms with Crippen molar-refractivity contribution in [1.29, 1.82) is 0 Å². The Morgan fingerprint density at radius 1 is 1.31 bits per heavy atom. The van der Waals surface area contributed by atoms with Gasteiger partial charge < -0.3 is 14.8 Å². The molecule has 0 spiro atoms. The van der Waals surface area contributed by atoms with E-state index in [1.165, 1.54) is 6.92 Å². The predicted molar refractivity (Wildman–Crippen MR) is 102 cm³/mol. The van der Waals surface area contributed by atoms with Gasteiger partial charge in [0.2, 0.25) is 0 Å². The highest BCUT2D eigenvalue weighted by molar-refractivity contribution is 5.84. The second-order valence-electron chi connectivity index (χ2n) is 8.31. The molecular weight excluding hydrogens is 332 g/mol. The zero-order valence-electron chi connectivity index (χ0n) is 17.1. The fourth-order valence-corrected chi connectivity index (χ4v) is 3.05. The predicted octanol–water partition coefficient (Wildman–Crippen LogP) is 2.94. The van der Waals surface area contributed by atoms with Crippen molar-refractivity contribution >= 4 is 11.8 Å². The van der Waals surface area contributed by atoms with Gasteiger partial charge in [-0.25, -0.2) is 0 Å². The summed E-state index contributed by atoms with van der Waals surface area (Å²) in [5, 5.41) is 10.9. The van der Waals surface area contributed by atoms with E-state index >= 15 is 0 Å². The molecule has 3 unspecified atom stereocenters. The summed E-state index contributed by atoms with van der Waals surface area (Å²) in [5.74, 6) is -0.114. The van der Waals surface area contributed by atoms with E-state index in [9.17, 15) is 14.7 Å². The Morgan fingerprint density at radius 2 is 1.92 bits per heavy atom. The second-order valence-corrected chi connectivity index (χ2v) is 8.31. The molecule has 0 bridgehead atoms. The minimum Gasteiger partial charge on any atom is -0.464 e. The van der Waals surface area contributed by atoms with Gasteiger partial charge in [-0.3, -0.25) is 14.5 Å². The number of likely N-dealkylation sites (N-methyl/N-ethyl adjacent to an activating group) is 1. The highest BCUT2D eigenvalue weighted by atomic mass is 16.5. The van der Waals surface area contributed by atoms with Gasteiger partial charge in [0, 0.05) is 37.2 Å². The van der Waals surface area contributed by atoms with Crippen LogP contribution in [-0.2, 0) is 14.3 Å².